The molecule has 8 nitrogen and oxygen atoms in total. The normalized spacial score (nSPS) is 18.6. The zero-order chi connectivity index (χ0) is 22.5. The fourth-order valence-electron chi connectivity index (χ4n) is 3.74. The van der Waals surface area contributed by atoms with Crippen LogP contribution in [0, 0.1) is 0 Å². The summed E-state index contributed by atoms with van der Waals surface area (Å²) >= 11 is 0. The fourth-order valence-corrected chi connectivity index (χ4v) is 3.74. The van der Waals surface area contributed by atoms with Crippen molar-refractivity contribution < 1.29 is 28.6 Å². The van der Waals surface area contributed by atoms with Gasteiger partial charge < -0.3 is 24.4 Å². The van der Waals surface area contributed by atoms with E-state index in [2.05, 4.69) is 5.32 Å². The highest BCUT2D eigenvalue weighted by Crippen LogP contribution is 2.38. The Morgan fingerprint density at radius 3 is 2.52 bits per heavy atom. The Balaban J connectivity index is 1.64. The molecule has 1 heterocycles. The van der Waals surface area contributed by atoms with Gasteiger partial charge in [-0.1, -0.05) is 30.3 Å². The Kier molecular flexibility index (Phi) is 7.20. The lowest BCUT2D eigenvalue weighted by Gasteiger charge is -2.48. The lowest BCUT2D eigenvalue weighted by molar-refractivity contribution is -0.170. The van der Waals surface area contributed by atoms with Crippen molar-refractivity contribution >= 4 is 18.0 Å². The number of esters is 1. The van der Waals surface area contributed by atoms with E-state index in [1.165, 1.54) is 0 Å². The van der Waals surface area contributed by atoms with E-state index in [-0.39, 0.29) is 24.5 Å². The molecule has 2 aliphatic rings. The van der Waals surface area contributed by atoms with E-state index in [1.54, 1.807) is 25.7 Å². The SMILES string of the molecule is CC(C)(C)OC(=O)N[C@@H](CC(=O)OCc1ccccc1)C(=O)N1CCOC2(CCC2)C1. The lowest BCUT2D eigenvalue weighted by Crippen LogP contribution is -2.60. The summed E-state index contributed by atoms with van der Waals surface area (Å²) in [4.78, 5) is 39.7. The van der Waals surface area contributed by atoms with Crippen molar-refractivity contribution in [2.75, 3.05) is 19.7 Å². The van der Waals surface area contributed by atoms with Gasteiger partial charge in [0.05, 0.1) is 18.6 Å². The molecule has 1 N–H and O–H groups in total. The third-order valence-electron chi connectivity index (χ3n) is 5.43. The Bertz CT molecular complexity index is 785. The highest BCUT2D eigenvalue weighted by atomic mass is 16.6. The van der Waals surface area contributed by atoms with E-state index >= 15 is 0 Å². The zero-order valence-corrected chi connectivity index (χ0v) is 18.5. The van der Waals surface area contributed by atoms with E-state index in [9.17, 15) is 14.4 Å². The van der Waals surface area contributed by atoms with Gasteiger partial charge in [-0.15, -0.1) is 0 Å². The predicted molar refractivity (Wildman–Crippen MR) is 113 cm³/mol. The molecule has 170 valence electrons. The fraction of sp³-hybridized carbons (Fsp3) is 0.609. The topological polar surface area (TPSA) is 94.2 Å². The number of carbonyl (C=O) groups excluding carboxylic acids is 3. The molecule has 0 unspecified atom stereocenters. The van der Waals surface area contributed by atoms with Crippen LogP contribution >= 0.6 is 0 Å². The van der Waals surface area contributed by atoms with Gasteiger partial charge in [0.25, 0.3) is 0 Å². The van der Waals surface area contributed by atoms with Crippen LogP contribution in [-0.4, -0.2) is 59.8 Å². The van der Waals surface area contributed by atoms with Crippen LogP contribution in [-0.2, 0) is 30.4 Å². The van der Waals surface area contributed by atoms with E-state index in [0.29, 0.717) is 19.7 Å². The number of amides is 2. The summed E-state index contributed by atoms with van der Waals surface area (Å²) in [5.41, 5.74) is -0.155. The smallest absolute Gasteiger partial charge is 0.408 e. The van der Waals surface area contributed by atoms with Crippen LogP contribution in [0.25, 0.3) is 0 Å². The molecule has 2 amide bonds. The van der Waals surface area contributed by atoms with Crippen molar-refractivity contribution in [1.82, 2.24) is 10.2 Å². The predicted octanol–water partition coefficient (Wildman–Crippen LogP) is 2.79. The molecule has 0 aromatic heterocycles. The number of nitrogens with one attached hydrogen (secondary N) is 1. The molecule has 1 aromatic carbocycles. The number of hydrogen-bond acceptors (Lipinski definition) is 6. The molecular weight excluding hydrogens is 400 g/mol. The van der Waals surface area contributed by atoms with Crippen LogP contribution in [0.1, 0.15) is 52.0 Å². The van der Waals surface area contributed by atoms with Crippen LogP contribution in [0.5, 0.6) is 0 Å². The second-order valence-corrected chi connectivity index (χ2v) is 9.19. The van der Waals surface area contributed by atoms with Crippen molar-refractivity contribution in [3.05, 3.63) is 35.9 Å². The van der Waals surface area contributed by atoms with Crippen LogP contribution in [0.4, 0.5) is 4.79 Å². The first kappa shape index (κ1) is 23.1. The van der Waals surface area contributed by atoms with Gasteiger partial charge >= 0.3 is 12.1 Å². The van der Waals surface area contributed by atoms with Gasteiger partial charge in [-0.2, -0.15) is 0 Å². The highest BCUT2D eigenvalue weighted by molar-refractivity contribution is 5.89. The highest BCUT2D eigenvalue weighted by Gasteiger charge is 2.44. The van der Waals surface area contributed by atoms with E-state index < -0.39 is 23.7 Å². The Labute approximate surface area is 183 Å². The van der Waals surface area contributed by atoms with Gasteiger partial charge in [0.2, 0.25) is 5.91 Å². The van der Waals surface area contributed by atoms with Crippen molar-refractivity contribution in [2.45, 2.75) is 70.3 Å². The van der Waals surface area contributed by atoms with Crippen molar-refractivity contribution in [2.24, 2.45) is 0 Å². The molecule has 1 saturated heterocycles. The van der Waals surface area contributed by atoms with E-state index in [0.717, 1.165) is 24.8 Å². The number of rotatable bonds is 6. The number of benzene rings is 1. The summed E-state index contributed by atoms with van der Waals surface area (Å²) in [6.07, 6.45) is 1.90. The summed E-state index contributed by atoms with van der Waals surface area (Å²) in [5, 5.41) is 2.57. The average Bonchev–Trinajstić information content (AvgIpc) is 2.69. The molecule has 1 saturated carbocycles. The minimum absolute atomic E-state index is 0.105. The Morgan fingerprint density at radius 2 is 1.90 bits per heavy atom. The number of carbonyl (C=O) groups is 3. The summed E-state index contributed by atoms with van der Waals surface area (Å²) in [6.45, 7) is 6.65. The number of hydrogen-bond donors (Lipinski definition) is 1. The zero-order valence-electron chi connectivity index (χ0n) is 18.5. The molecular formula is C23H32N2O6. The number of ether oxygens (including phenoxy) is 3. The molecule has 1 spiro atoms. The largest absolute Gasteiger partial charge is 0.461 e. The Hall–Kier alpha value is -2.61. The molecule has 8 heteroatoms. The van der Waals surface area contributed by atoms with Crippen LogP contribution in [0.3, 0.4) is 0 Å². The number of morpholine rings is 1. The average molecular weight is 433 g/mol. The maximum absolute atomic E-state index is 13.2. The van der Waals surface area contributed by atoms with Crippen molar-refractivity contribution in [3.63, 3.8) is 0 Å². The van der Waals surface area contributed by atoms with Crippen molar-refractivity contribution in [3.8, 4) is 0 Å². The van der Waals surface area contributed by atoms with Crippen LogP contribution in [0.15, 0.2) is 30.3 Å². The maximum Gasteiger partial charge on any atom is 0.408 e. The first-order chi connectivity index (χ1) is 14.7. The van der Waals surface area contributed by atoms with Gasteiger partial charge in [0, 0.05) is 13.1 Å². The molecule has 2 fully saturated rings. The van der Waals surface area contributed by atoms with Crippen molar-refractivity contribution in [1.29, 1.82) is 0 Å². The van der Waals surface area contributed by atoms with Gasteiger partial charge in [-0.3, -0.25) is 9.59 Å². The van der Waals surface area contributed by atoms with Crippen LogP contribution < -0.4 is 5.32 Å². The standard InChI is InChI=1S/C23H32N2O6/c1-22(2,3)31-21(28)24-18(14-19(26)29-15-17-8-5-4-6-9-17)20(27)25-12-13-30-23(16-25)10-7-11-23/h4-6,8-9,18H,7,10-16H2,1-3H3,(H,24,28)/t18-/m0/s1. The van der Waals surface area contributed by atoms with Crippen LogP contribution in [0.2, 0.25) is 0 Å². The first-order valence-electron chi connectivity index (χ1n) is 10.8. The molecule has 31 heavy (non-hydrogen) atoms. The summed E-state index contributed by atoms with van der Waals surface area (Å²) in [6, 6.07) is 8.22. The third-order valence-corrected chi connectivity index (χ3v) is 5.43. The second kappa shape index (κ2) is 9.68. The molecule has 0 bridgehead atoms. The minimum atomic E-state index is -1.06. The minimum Gasteiger partial charge on any atom is -0.461 e. The quantitative estimate of drug-likeness (QED) is 0.695. The molecule has 1 aromatic rings. The second-order valence-electron chi connectivity index (χ2n) is 9.19. The molecule has 1 aliphatic heterocycles. The summed E-state index contributed by atoms with van der Waals surface area (Å²) < 4.78 is 16.5. The third kappa shape index (κ3) is 6.69. The van der Waals surface area contributed by atoms with Gasteiger partial charge in [0.1, 0.15) is 18.2 Å². The monoisotopic (exact) mass is 432 g/mol. The van der Waals surface area contributed by atoms with E-state index in [1.807, 2.05) is 30.3 Å². The molecule has 1 atom stereocenters. The summed E-state index contributed by atoms with van der Waals surface area (Å²) in [5.74, 6) is -0.887. The number of alkyl carbamates (subject to hydrolysis) is 1. The Morgan fingerprint density at radius 1 is 1.19 bits per heavy atom. The van der Waals surface area contributed by atoms with Gasteiger partial charge in [-0.05, 0) is 45.6 Å². The molecule has 3 rings (SSSR count). The maximum atomic E-state index is 13.2. The van der Waals surface area contributed by atoms with Gasteiger partial charge in [0.15, 0.2) is 0 Å². The van der Waals surface area contributed by atoms with Gasteiger partial charge in [-0.25, -0.2) is 4.79 Å². The molecule has 1 aliphatic carbocycles. The lowest BCUT2D eigenvalue weighted by atomic mass is 9.78. The first-order valence-corrected chi connectivity index (χ1v) is 10.8. The molecule has 0 radical (unpaired) electrons. The summed E-state index contributed by atoms with van der Waals surface area (Å²) in [7, 11) is 0. The van der Waals surface area contributed by atoms with E-state index in [4.69, 9.17) is 14.2 Å². The number of nitrogens with zero attached hydrogens (tertiary/aromatic N) is 1.